The van der Waals surface area contributed by atoms with Gasteiger partial charge >= 0.3 is 0 Å². The smallest absolute Gasteiger partial charge is 0.253 e. The molecular formula is C23H26N2O3. The van der Waals surface area contributed by atoms with Crippen molar-refractivity contribution < 1.29 is 14.3 Å². The summed E-state index contributed by atoms with van der Waals surface area (Å²) >= 11 is 0. The number of nitrogens with zero attached hydrogens (tertiary/aromatic N) is 1. The van der Waals surface area contributed by atoms with E-state index in [4.69, 9.17) is 9.47 Å². The summed E-state index contributed by atoms with van der Waals surface area (Å²) in [5, 5.41) is 3.04. The van der Waals surface area contributed by atoms with Gasteiger partial charge in [-0.3, -0.25) is 4.79 Å². The molecule has 2 fully saturated rings. The first-order chi connectivity index (χ1) is 13.8. The molecule has 28 heavy (non-hydrogen) atoms. The average molecular weight is 378 g/mol. The van der Waals surface area contributed by atoms with Crippen LogP contribution in [0.4, 0.5) is 11.4 Å². The van der Waals surface area contributed by atoms with Crippen molar-refractivity contribution >= 4 is 17.3 Å². The van der Waals surface area contributed by atoms with Gasteiger partial charge in [0.15, 0.2) is 0 Å². The second kappa shape index (κ2) is 7.57. The molecule has 3 heterocycles. The van der Waals surface area contributed by atoms with E-state index in [1.165, 1.54) is 16.8 Å². The summed E-state index contributed by atoms with van der Waals surface area (Å²) in [5.41, 5.74) is 4.84. The van der Waals surface area contributed by atoms with E-state index in [1.54, 1.807) is 0 Å². The fraction of sp³-hybridized carbons (Fsp3) is 0.435. The van der Waals surface area contributed by atoms with Gasteiger partial charge in [-0.15, -0.1) is 0 Å². The molecule has 0 spiro atoms. The fourth-order valence-corrected chi connectivity index (χ4v) is 4.70. The summed E-state index contributed by atoms with van der Waals surface area (Å²) in [6, 6.07) is 16.8. The molecule has 5 nitrogen and oxygen atoms in total. The van der Waals surface area contributed by atoms with E-state index >= 15 is 0 Å². The Morgan fingerprint density at radius 2 is 1.96 bits per heavy atom. The van der Waals surface area contributed by atoms with Gasteiger partial charge in [-0.05, 0) is 42.2 Å². The lowest BCUT2D eigenvalue weighted by Crippen LogP contribution is -2.37. The number of ether oxygens (including phenoxy) is 2. The van der Waals surface area contributed by atoms with Gasteiger partial charge in [0.2, 0.25) is 0 Å². The van der Waals surface area contributed by atoms with Gasteiger partial charge in [0.05, 0.1) is 13.2 Å². The SMILES string of the molecule is O=C(Nc1ccc(CN2CCc3ccccc32)cc1)[C@@H]1OC[C@H]2COCC[C@@H]21. The van der Waals surface area contributed by atoms with Crippen molar-refractivity contribution in [3.05, 3.63) is 59.7 Å². The Kier molecular flexibility index (Phi) is 4.79. The Labute approximate surface area is 165 Å². The van der Waals surface area contributed by atoms with Crippen LogP contribution in [0.15, 0.2) is 48.5 Å². The van der Waals surface area contributed by atoms with Crippen LogP contribution in [0.1, 0.15) is 17.5 Å². The van der Waals surface area contributed by atoms with Gasteiger partial charge < -0.3 is 19.7 Å². The molecule has 2 aromatic rings. The van der Waals surface area contributed by atoms with E-state index in [9.17, 15) is 4.79 Å². The maximum absolute atomic E-state index is 12.7. The molecule has 5 heteroatoms. The van der Waals surface area contributed by atoms with Crippen molar-refractivity contribution in [1.82, 2.24) is 0 Å². The van der Waals surface area contributed by atoms with Crippen molar-refractivity contribution in [2.45, 2.75) is 25.5 Å². The number of anilines is 2. The molecule has 0 aromatic heterocycles. The molecule has 2 saturated heterocycles. The second-order valence-electron chi connectivity index (χ2n) is 8.03. The Morgan fingerprint density at radius 1 is 1.11 bits per heavy atom. The summed E-state index contributed by atoms with van der Waals surface area (Å²) in [6.07, 6.45) is 1.66. The molecule has 3 aliphatic rings. The lowest BCUT2D eigenvalue weighted by Gasteiger charge is -2.26. The summed E-state index contributed by atoms with van der Waals surface area (Å²) in [6.45, 7) is 4.01. The van der Waals surface area contributed by atoms with Crippen molar-refractivity contribution in [2.75, 3.05) is 36.6 Å². The third-order valence-corrected chi connectivity index (χ3v) is 6.25. The summed E-state index contributed by atoms with van der Waals surface area (Å²) in [4.78, 5) is 15.1. The zero-order valence-corrected chi connectivity index (χ0v) is 16.0. The third kappa shape index (κ3) is 3.40. The number of amides is 1. The normalized spacial score (nSPS) is 26.0. The van der Waals surface area contributed by atoms with Gasteiger partial charge in [0, 0.05) is 42.9 Å². The van der Waals surface area contributed by atoms with Crippen LogP contribution < -0.4 is 10.2 Å². The summed E-state index contributed by atoms with van der Waals surface area (Å²) in [7, 11) is 0. The second-order valence-corrected chi connectivity index (χ2v) is 8.03. The minimum absolute atomic E-state index is 0.0318. The highest BCUT2D eigenvalue weighted by Gasteiger charge is 2.42. The van der Waals surface area contributed by atoms with E-state index in [0.29, 0.717) is 19.1 Å². The average Bonchev–Trinajstić information content (AvgIpc) is 3.34. The number of fused-ring (bicyclic) bond motifs is 2. The molecule has 1 N–H and O–H groups in total. The molecule has 0 bridgehead atoms. The van der Waals surface area contributed by atoms with E-state index in [1.807, 2.05) is 12.1 Å². The maximum atomic E-state index is 12.7. The zero-order chi connectivity index (χ0) is 18.9. The first-order valence-corrected chi connectivity index (χ1v) is 10.2. The number of nitrogens with one attached hydrogen (secondary N) is 1. The number of carbonyl (C=O) groups excluding carboxylic acids is 1. The molecule has 3 atom stereocenters. The summed E-state index contributed by atoms with van der Waals surface area (Å²) < 4.78 is 11.3. The predicted molar refractivity (Wildman–Crippen MR) is 108 cm³/mol. The van der Waals surface area contributed by atoms with Crippen LogP contribution in [0.2, 0.25) is 0 Å². The molecule has 5 rings (SSSR count). The van der Waals surface area contributed by atoms with Crippen LogP contribution in [0.25, 0.3) is 0 Å². The first kappa shape index (κ1) is 17.7. The van der Waals surface area contributed by atoms with Crippen molar-refractivity contribution in [2.24, 2.45) is 11.8 Å². The van der Waals surface area contributed by atoms with Crippen LogP contribution in [0, 0.1) is 11.8 Å². The Bertz CT molecular complexity index is 851. The highest BCUT2D eigenvalue weighted by atomic mass is 16.5. The molecular weight excluding hydrogens is 352 g/mol. The number of benzene rings is 2. The highest BCUT2D eigenvalue weighted by molar-refractivity contribution is 5.94. The molecule has 0 saturated carbocycles. The lowest BCUT2D eigenvalue weighted by atomic mass is 9.86. The molecule has 0 unspecified atom stereocenters. The molecule has 146 valence electrons. The number of para-hydroxylation sites is 1. The van der Waals surface area contributed by atoms with Crippen molar-refractivity contribution in [1.29, 1.82) is 0 Å². The summed E-state index contributed by atoms with van der Waals surface area (Å²) in [5.74, 6) is 0.606. The van der Waals surface area contributed by atoms with Gasteiger partial charge in [-0.25, -0.2) is 0 Å². The van der Waals surface area contributed by atoms with Crippen LogP contribution in [-0.4, -0.2) is 38.4 Å². The quantitative estimate of drug-likeness (QED) is 0.887. The molecule has 0 radical (unpaired) electrons. The van der Waals surface area contributed by atoms with E-state index in [0.717, 1.165) is 38.2 Å². The number of rotatable bonds is 4. The minimum atomic E-state index is -0.352. The van der Waals surface area contributed by atoms with Gasteiger partial charge in [-0.2, -0.15) is 0 Å². The largest absolute Gasteiger partial charge is 0.381 e. The highest BCUT2D eigenvalue weighted by Crippen LogP contribution is 2.34. The standard InChI is InChI=1S/C23H26N2O3/c26-23(22-20-10-12-27-14-18(20)15-28-22)24-19-7-5-16(6-8-19)13-25-11-9-17-3-1-2-4-21(17)25/h1-8,18,20,22H,9-15H2,(H,24,26)/t18-,20+,22-/m1/s1. The fourth-order valence-electron chi connectivity index (χ4n) is 4.70. The molecule has 1 amide bonds. The van der Waals surface area contributed by atoms with E-state index < -0.39 is 0 Å². The third-order valence-electron chi connectivity index (χ3n) is 6.25. The lowest BCUT2D eigenvalue weighted by molar-refractivity contribution is -0.126. The van der Waals surface area contributed by atoms with Gasteiger partial charge in [-0.1, -0.05) is 30.3 Å². The monoisotopic (exact) mass is 378 g/mol. The van der Waals surface area contributed by atoms with Gasteiger partial charge in [0.25, 0.3) is 5.91 Å². The Hall–Kier alpha value is -2.37. The Balaban J connectivity index is 1.21. The van der Waals surface area contributed by atoms with Gasteiger partial charge in [0.1, 0.15) is 6.10 Å². The first-order valence-electron chi connectivity index (χ1n) is 10.2. The predicted octanol–water partition coefficient (Wildman–Crippen LogP) is 3.24. The molecule has 3 aliphatic heterocycles. The number of hydrogen-bond acceptors (Lipinski definition) is 4. The maximum Gasteiger partial charge on any atom is 0.253 e. The topological polar surface area (TPSA) is 50.8 Å². The van der Waals surface area contributed by atoms with Crippen LogP contribution in [-0.2, 0) is 27.2 Å². The number of hydrogen-bond donors (Lipinski definition) is 1. The van der Waals surface area contributed by atoms with Crippen LogP contribution in [0.5, 0.6) is 0 Å². The zero-order valence-electron chi connectivity index (χ0n) is 16.0. The van der Waals surface area contributed by atoms with Crippen molar-refractivity contribution in [3.8, 4) is 0 Å². The molecule has 2 aromatic carbocycles. The molecule has 0 aliphatic carbocycles. The van der Waals surface area contributed by atoms with Crippen LogP contribution in [0.3, 0.4) is 0 Å². The van der Waals surface area contributed by atoms with Crippen molar-refractivity contribution in [3.63, 3.8) is 0 Å². The van der Waals surface area contributed by atoms with E-state index in [2.05, 4.69) is 46.6 Å². The minimum Gasteiger partial charge on any atom is -0.381 e. The van der Waals surface area contributed by atoms with Crippen LogP contribution >= 0.6 is 0 Å². The Morgan fingerprint density at radius 3 is 2.86 bits per heavy atom. The van der Waals surface area contributed by atoms with E-state index in [-0.39, 0.29) is 17.9 Å². The number of carbonyl (C=O) groups is 1.